The number of nitrogens with zero attached hydrogens (tertiary/aromatic N) is 2. The van der Waals surface area contributed by atoms with E-state index in [0.29, 0.717) is 0 Å². The van der Waals surface area contributed by atoms with Crippen LogP contribution in [0.4, 0.5) is 0 Å². The molecule has 2 nitrogen and oxygen atoms in total. The molecule has 29 heavy (non-hydrogen) atoms. The second-order valence-electron chi connectivity index (χ2n) is 10.4. The molecule has 0 atom stereocenters. The summed E-state index contributed by atoms with van der Waals surface area (Å²) in [6, 6.07) is 10.6. The Balaban J connectivity index is 2.77. The van der Waals surface area contributed by atoms with Gasteiger partial charge in [-0.15, -0.1) is 11.6 Å². The minimum absolute atomic E-state index is 0.102. The molecule has 0 heterocycles. The van der Waals surface area contributed by atoms with Crippen molar-refractivity contribution in [1.82, 2.24) is 4.57 Å². The van der Waals surface area contributed by atoms with E-state index in [9.17, 15) is 0 Å². The molecule has 0 N–H and O–H groups in total. The van der Waals surface area contributed by atoms with Crippen LogP contribution in [0, 0.1) is 0 Å². The van der Waals surface area contributed by atoms with Crippen LogP contribution in [-0.2, 0) is 0 Å². The third kappa shape index (κ3) is 4.53. The molecule has 0 amide bonds. The summed E-state index contributed by atoms with van der Waals surface area (Å²) in [6.07, 6.45) is 0. The summed E-state index contributed by atoms with van der Waals surface area (Å²) >= 11 is 6.48. The number of hydrogen-bond acceptors (Lipinski definition) is 2. The summed E-state index contributed by atoms with van der Waals surface area (Å²) in [6.45, 7) is 24.7. The molecule has 1 aromatic carbocycles. The lowest BCUT2D eigenvalue weighted by molar-refractivity contribution is 0.348. The third-order valence-corrected chi connectivity index (χ3v) is 10.8. The van der Waals surface area contributed by atoms with Crippen molar-refractivity contribution in [3.05, 3.63) is 58.2 Å². The Kier molecular flexibility index (Phi) is 6.61. The van der Waals surface area contributed by atoms with Gasteiger partial charge in [0.1, 0.15) is 5.84 Å². The average molecular weight is 427 g/mol. The molecule has 0 bridgehead atoms. The van der Waals surface area contributed by atoms with Crippen LogP contribution < -0.4 is 0 Å². The number of hydrogen-bond donors (Lipinski definition) is 0. The molecule has 1 aliphatic rings. The van der Waals surface area contributed by atoms with Gasteiger partial charge in [0, 0.05) is 16.1 Å². The highest BCUT2D eigenvalue weighted by molar-refractivity contribution is 7.88. The van der Waals surface area contributed by atoms with Crippen LogP contribution in [-0.4, -0.2) is 29.1 Å². The lowest BCUT2D eigenvalue weighted by atomic mass is 9.98. The molecule has 0 radical (unpaired) electrons. The molecule has 0 saturated carbocycles. The fourth-order valence-electron chi connectivity index (χ4n) is 4.01. The van der Waals surface area contributed by atoms with Gasteiger partial charge >= 0.3 is 0 Å². The van der Waals surface area contributed by atoms with E-state index in [0.717, 1.165) is 11.4 Å². The van der Waals surface area contributed by atoms with E-state index in [4.69, 9.17) is 16.6 Å². The first kappa shape index (κ1) is 23.9. The summed E-state index contributed by atoms with van der Waals surface area (Å²) in [5.41, 5.74) is 6.47. The normalized spacial score (nSPS) is 17.8. The van der Waals surface area contributed by atoms with E-state index in [1.165, 1.54) is 22.3 Å². The van der Waals surface area contributed by atoms with Crippen LogP contribution in [0.15, 0.2) is 57.6 Å². The van der Waals surface area contributed by atoms with Gasteiger partial charge in [-0.05, 0) is 87.3 Å². The minimum Gasteiger partial charge on any atom is -0.349 e. The second-order valence-corrected chi connectivity index (χ2v) is 13.6. The van der Waals surface area contributed by atoms with Gasteiger partial charge in [-0.2, -0.15) is 0 Å². The lowest BCUT2D eigenvalue weighted by Crippen LogP contribution is -2.54. The van der Waals surface area contributed by atoms with Crippen LogP contribution in [0.5, 0.6) is 0 Å². The van der Waals surface area contributed by atoms with E-state index < -0.39 is 7.67 Å². The Labute approximate surface area is 185 Å². The number of rotatable bonds is 3. The van der Waals surface area contributed by atoms with Crippen LogP contribution in [0.2, 0.25) is 5.04 Å². The molecule has 0 spiro atoms. The maximum atomic E-state index is 6.48. The van der Waals surface area contributed by atoms with Crippen LogP contribution >= 0.6 is 11.6 Å². The lowest BCUT2D eigenvalue weighted by Gasteiger charge is -2.45. The van der Waals surface area contributed by atoms with Crippen molar-refractivity contribution in [3.8, 4) is 0 Å². The minimum atomic E-state index is -1.47. The Bertz CT molecular complexity index is 869. The predicted molar refractivity (Wildman–Crippen MR) is 133 cm³/mol. The van der Waals surface area contributed by atoms with E-state index in [1.807, 2.05) is 0 Å². The fourth-order valence-corrected chi connectivity index (χ4v) is 8.45. The molecular formula is C25H38N2SSi. The Morgan fingerprint density at radius 2 is 1.34 bits per heavy atom. The third-order valence-electron chi connectivity index (χ3n) is 6.17. The van der Waals surface area contributed by atoms with Gasteiger partial charge < -0.3 is 4.57 Å². The van der Waals surface area contributed by atoms with E-state index >= 15 is 0 Å². The molecular weight excluding hydrogens is 388 g/mol. The van der Waals surface area contributed by atoms with Gasteiger partial charge in [-0.1, -0.05) is 41.5 Å². The highest BCUT2D eigenvalue weighted by atomic mass is 32.2. The highest BCUT2D eigenvalue weighted by Gasteiger charge is 2.46. The molecule has 2 rings (SSSR count). The van der Waals surface area contributed by atoms with Gasteiger partial charge in [0.15, 0.2) is 0 Å². The van der Waals surface area contributed by atoms with Crippen LogP contribution in [0.25, 0.3) is 0 Å². The quantitative estimate of drug-likeness (QED) is 0.283. The van der Waals surface area contributed by atoms with E-state index in [-0.39, 0.29) is 16.1 Å². The Hall–Kier alpha value is -1.39. The topological polar surface area (TPSA) is 15.6 Å². The molecule has 0 fully saturated rings. The number of allylic oxidation sites excluding steroid dienone is 4. The molecule has 4 heteroatoms. The predicted octanol–water partition coefficient (Wildman–Crippen LogP) is 7.46. The molecule has 0 saturated heterocycles. The largest absolute Gasteiger partial charge is 0.349 e. The first-order chi connectivity index (χ1) is 13.1. The molecule has 0 unspecified atom stereocenters. The molecule has 158 valence electrons. The molecule has 1 aromatic rings. The Morgan fingerprint density at radius 3 is 1.72 bits per heavy atom. The first-order valence-corrected chi connectivity index (χ1v) is 13.1. The zero-order chi connectivity index (χ0) is 22.4. The molecule has 0 aliphatic heterocycles. The smallest absolute Gasteiger partial charge is 0.227 e. The highest BCUT2D eigenvalue weighted by Crippen LogP contribution is 2.54. The number of aliphatic imine (C=N–C) groups is 1. The fraction of sp³-hybridized carbons (Fsp3) is 0.560. The summed E-state index contributed by atoms with van der Waals surface area (Å²) < 4.78 is 2.48. The van der Waals surface area contributed by atoms with Gasteiger partial charge in [0.05, 0.1) is 5.54 Å². The van der Waals surface area contributed by atoms with E-state index in [1.54, 1.807) is 0 Å². The zero-order valence-electron chi connectivity index (χ0n) is 20.2. The maximum Gasteiger partial charge on any atom is 0.227 e. The van der Waals surface area contributed by atoms with Crippen LogP contribution in [0.3, 0.4) is 0 Å². The summed E-state index contributed by atoms with van der Waals surface area (Å²) in [5, 5.41) is -0.102. The average Bonchev–Trinajstić information content (AvgIpc) is 2.76. The van der Waals surface area contributed by atoms with Gasteiger partial charge in [0.25, 0.3) is 0 Å². The number of benzene rings is 1. The van der Waals surface area contributed by atoms with Crippen molar-refractivity contribution in [1.29, 1.82) is 0 Å². The monoisotopic (exact) mass is 426 g/mol. The zero-order valence-corrected chi connectivity index (χ0v) is 22.0. The van der Waals surface area contributed by atoms with Gasteiger partial charge in [-0.3, -0.25) is 4.99 Å². The summed E-state index contributed by atoms with van der Waals surface area (Å²) in [7, 11) is -1.47. The Morgan fingerprint density at radius 1 is 0.897 bits per heavy atom. The number of amidine groups is 1. The summed E-state index contributed by atoms with van der Waals surface area (Å²) in [4.78, 5) is 5.23. The van der Waals surface area contributed by atoms with Crippen molar-refractivity contribution < 1.29 is 0 Å². The van der Waals surface area contributed by atoms with E-state index in [2.05, 4.69) is 111 Å². The van der Waals surface area contributed by atoms with Crippen molar-refractivity contribution >= 4 is 25.1 Å². The summed E-state index contributed by atoms with van der Waals surface area (Å²) in [5.74, 6) is 1.03. The first-order valence-electron chi connectivity index (χ1n) is 10.5. The van der Waals surface area contributed by atoms with Crippen molar-refractivity contribution in [2.75, 3.05) is 0 Å². The van der Waals surface area contributed by atoms with Gasteiger partial charge in [-0.25, -0.2) is 0 Å². The molecule has 1 aliphatic carbocycles. The molecule has 0 aromatic heterocycles. The SMILES string of the molecule is CC1=C(C)C(C)([Si](=S)N(C(=NC(C)(C)C)c2ccccc2)C(C)(C)C)C(C)=C1C. The van der Waals surface area contributed by atoms with Crippen molar-refractivity contribution in [3.63, 3.8) is 0 Å². The van der Waals surface area contributed by atoms with Crippen molar-refractivity contribution in [2.24, 2.45) is 4.99 Å². The second kappa shape index (κ2) is 8.03. The van der Waals surface area contributed by atoms with Gasteiger partial charge in [0.2, 0.25) is 7.67 Å². The van der Waals surface area contributed by atoms with Crippen molar-refractivity contribution in [2.45, 2.75) is 92.3 Å². The standard InChI is InChI=1S/C25H38N2SSi/c1-17-18(2)20(4)25(11,19(17)3)29(28)27(24(8,9)10)22(26-23(5,6)7)21-15-13-12-14-16-21/h12-16H,1-11H3. The maximum absolute atomic E-state index is 6.48. The van der Waals surface area contributed by atoms with Crippen LogP contribution in [0.1, 0.15) is 81.7 Å².